The molecule has 0 saturated carbocycles. The summed E-state index contributed by atoms with van der Waals surface area (Å²) in [6, 6.07) is 7.06. The molecule has 0 aliphatic carbocycles. The second-order valence-corrected chi connectivity index (χ2v) is 6.66. The number of sulfonamides is 1. The predicted molar refractivity (Wildman–Crippen MR) is 79.6 cm³/mol. The van der Waals surface area contributed by atoms with Gasteiger partial charge in [0.05, 0.1) is 12.4 Å². The molecule has 0 fully saturated rings. The lowest BCUT2D eigenvalue weighted by molar-refractivity contribution is 0.107. The maximum Gasteiger partial charge on any atom is 0.259 e. The standard InChI is InChI=1S/C13H16ClN3O3S/c1-17-8-13(15-9-17)21(18,19)16-7-12(20-2)10-3-5-11(14)6-4-10/h3-6,8-9,12,16H,7H2,1-2H3/t12-/m0/s1. The van der Waals surface area contributed by atoms with E-state index in [0.29, 0.717) is 5.02 Å². The molecule has 0 radical (unpaired) electrons. The molecule has 0 spiro atoms. The Kier molecular flexibility index (Phi) is 5.00. The Labute approximate surface area is 128 Å². The minimum atomic E-state index is -3.65. The highest BCUT2D eigenvalue weighted by atomic mass is 35.5. The molecule has 0 aliphatic heterocycles. The normalized spacial score (nSPS) is 13.3. The third kappa shape index (κ3) is 4.04. The summed E-state index contributed by atoms with van der Waals surface area (Å²) in [7, 11) is -0.421. The van der Waals surface area contributed by atoms with Gasteiger partial charge in [0.25, 0.3) is 10.0 Å². The average molecular weight is 330 g/mol. The molecule has 0 aliphatic rings. The van der Waals surface area contributed by atoms with Gasteiger partial charge in [-0.1, -0.05) is 23.7 Å². The second-order valence-electron chi connectivity index (χ2n) is 4.51. The van der Waals surface area contributed by atoms with E-state index < -0.39 is 16.1 Å². The van der Waals surface area contributed by atoms with Gasteiger partial charge in [0.15, 0.2) is 5.03 Å². The zero-order valence-electron chi connectivity index (χ0n) is 11.7. The number of imidazole rings is 1. The smallest absolute Gasteiger partial charge is 0.259 e. The van der Waals surface area contributed by atoms with Gasteiger partial charge in [-0.3, -0.25) is 0 Å². The van der Waals surface area contributed by atoms with Crippen LogP contribution in [0.25, 0.3) is 0 Å². The molecule has 0 unspecified atom stereocenters. The molecule has 2 aromatic rings. The molecule has 0 amide bonds. The van der Waals surface area contributed by atoms with Gasteiger partial charge < -0.3 is 9.30 Å². The van der Waals surface area contributed by atoms with Crippen molar-refractivity contribution in [3.05, 3.63) is 47.4 Å². The van der Waals surface area contributed by atoms with E-state index in [1.807, 2.05) is 0 Å². The number of benzene rings is 1. The summed E-state index contributed by atoms with van der Waals surface area (Å²) in [6.07, 6.45) is 2.47. The van der Waals surface area contributed by atoms with Crippen molar-refractivity contribution >= 4 is 21.6 Å². The van der Waals surface area contributed by atoms with Gasteiger partial charge in [0.2, 0.25) is 0 Å². The van der Waals surface area contributed by atoms with Crippen LogP contribution in [0, 0.1) is 0 Å². The molecule has 1 atom stereocenters. The molecule has 114 valence electrons. The van der Waals surface area contributed by atoms with Crippen molar-refractivity contribution < 1.29 is 13.2 Å². The van der Waals surface area contributed by atoms with Gasteiger partial charge in [0.1, 0.15) is 0 Å². The van der Waals surface area contributed by atoms with Gasteiger partial charge in [-0.2, -0.15) is 0 Å². The minimum Gasteiger partial charge on any atom is -0.375 e. The summed E-state index contributed by atoms with van der Waals surface area (Å²) < 4.78 is 33.6. The highest BCUT2D eigenvalue weighted by Crippen LogP contribution is 2.19. The zero-order valence-corrected chi connectivity index (χ0v) is 13.2. The van der Waals surface area contributed by atoms with Crippen LogP contribution in [0.2, 0.25) is 5.02 Å². The maximum absolute atomic E-state index is 12.1. The van der Waals surface area contributed by atoms with E-state index in [4.69, 9.17) is 16.3 Å². The Morgan fingerprint density at radius 3 is 2.57 bits per heavy atom. The van der Waals surface area contributed by atoms with Crippen molar-refractivity contribution in [2.45, 2.75) is 11.1 Å². The van der Waals surface area contributed by atoms with Crippen molar-refractivity contribution in [2.24, 2.45) is 7.05 Å². The zero-order chi connectivity index (χ0) is 15.5. The van der Waals surface area contributed by atoms with E-state index in [2.05, 4.69) is 9.71 Å². The van der Waals surface area contributed by atoms with Crippen LogP contribution in [0.3, 0.4) is 0 Å². The summed E-state index contributed by atoms with van der Waals surface area (Å²) in [6.45, 7) is 0.108. The molecule has 2 rings (SSSR count). The van der Waals surface area contributed by atoms with Crippen molar-refractivity contribution in [3.63, 3.8) is 0 Å². The van der Waals surface area contributed by atoms with Crippen molar-refractivity contribution in [1.29, 1.82) is 0 Å². The Bertz CT molecular complexity index is 698. The first-order chi connectivity index (χ1) is 9.92. The highest BCUT2D eigenvalue weighted by Gasteiger charge is 2.19. The Balaban J connectivity index is 2.08. The SMILES string of the molecule is CO[C@@H](CNS(=O)(=O)c1cn(C)cn1)c1ccc(Cl)cc1. The van der Waals surface area contributed by atoms with Crippen LogP contribution in [0.5, 0.6) is 0 Å². The lowest BCUT2D eigenvalue weighted by atomic mass is 10.1. The van der Waals surface area contributed by atoms with Crippen molar-refractivity contribution in [3.8, 4) is 0 Å². The lowest BCUT2D eigenvalue weighted by Gasteiger charge is -2.16. The Hall–Kier alpha value is -1.41. The monoisotopic (exact) mass is 329 g/mol. The number of ether oxygens (including phenoxy) is 1. The number of nitrogens with zero attached hydrogens (tertiary/aromatic N) is 2. The number of halogens is 1. The Morgan fingerprint density at radius 1 is 1.38 bits per heavy atom. The van der Waals surface area contributed by atoms with Crippen LogP contribution in [0.15, 0.2) is 41.8 Å². The maximum atomic E-state index is 12.1. The summed E-state index contributed by atoms with van der Waals surface area (Å²) in [5.74, 6) is 0. The molecular formula is C13H16ClN3O3S. The summed E-state index contributed by atoms with van der Waals surface area (Å²) in [5, 5.41) is 0.596. The molecular weight excluding hydrogens is 314 g/mol. The number of aromatic nitrogens is 2. The quantitative estimate of drug-likeness (QED) is 0.876. The van der Waals surface area contributed by atoms with Crippen molar-refractivity contribution in [2.75, 3.05) is 13.7 Å². The number of hydrogen-bond acceptors (Lipinski definition) is 4. The number of nitrogens with one attached hydrogen (secondary N) is 1. The number of rotatable bonds is 6. The summed E-state index contributed by atoms with van der Waals surface area (Å²) in [4.78, 5) is 3.83. The fraction of sp³-hybridized carbons (Fsp3) is 0.308. The average Bonchev–Trinajstić information content (AvgIpc) is 2.89. The fourth-order valence-corrected chi connectivity index (χ4v) is 2.94. The third-order valence-electron chi connectivity index (χ3n) is 2.94. The topological polar surface area (TPSA) is 73.2 Å². The van der Waals surface area contributed by atoms with Crippen LogP contribution >= 0.6 is 11.6 Å². The largest absolute Gasteiger partial charge is 0.375 e. The van der Waals surface area contributed by atoms with E-state index in [-0.39, 0.29) is 11.6 Å². The Morgan fingerprint density at radius 2 is 2.05 bits per heavy atom. The molecule has 0 bridgehead atoms. The molecule has 1 N–H and O–H groups in total. The number of hydrogen-bond donors (Lipinski definition) is 1. The van der Waals surface area contributed by atoms with Crippen LogP contribution in [-0.4, -0.2) is 31.6 Å². The van der Waals surface area contributed by atoms with Crippen LogP contribution < -0.4 is 4.72 Å². The molecule has 21 heavy (non-hydrogen) atoms. The fourth-order valence-electron chi connectivity index (χ4n) is 1.80. The van der Waals surface area contributed by atoms with Crippen LogP contribution in [0.4, 0.5) is 0 Å². The van der Waals surface area contributed by atoms with E-state index >= 15 is 0 Å². The first-order valence-corrected chi connectivity index (χ1v) is 8.04. The van der Waals surface area contributed by atoms with Crippen LogP contribution in [-0.2, 0) is 21.8 Å². The summed E-state index contributed by atoms with van der Waals surface area (Å²) >= 11 is 5.83. The predicted octanol–water partition coefficient (Wildman–Crippen LogP) is 1.74. The van der Waals surface area contributed by atoms with Gasteiger partial charge in [-0.05, 0) is 17.7 Å². The molecule has 0 saturated heterocycles. The first kappa shape index (κ1) is 16.0. The molecule has 8 heteroatoms. The van der Waals surface area contributed by atoms with Gasteiger partial charge in [-0.25, -0.2) is 18.1 Å². The van der Waals surface area contributed by atoms with E-state index in [9.17, 15) is 8.42 Å². The number of methoxy groups -OCH3 is 1. The van der Waals surface area contributed by atoms with Gasteiger partial charge in [-0.15, -0.1) is 0 Å². The van der Waals surface area contributed by atoms with Crippen molar-refractivity contribution in [1.82, 2.24) is 14.3 Å². The third-order valence-corrected chi connectivity index (χ3v) is 4.50. The summed E-state index contributed by atoms with van der Waals surface area (Å²) in [5.41, 5.74) is 0.839. The van der Waals surface area contributed by atoms with E-state index in [1.54, 1.807) is 35.9 Å². The number of aryl methyl sites for hydroxylation is 1. The lowest BCUT2D eigenvalue weighted by Crippen LogP contribution is -2.29. The van der Waals surface area contributed by atoms with E-state index in [0.717, 1.165) is 5.56 Å². The minimum absolute atomic E-state index is 0.0176. The molecule has 6 nitrogen and oxygen atoms in total. The van der Waals surface area contributed by atoms with Gasteiger partial charge in [0, 0.05) is 31.9 Å². The van der Waals surface area contributed by atoms with Gasteiger partial charge >= 0.3 is 0 Å². The molecule has 1 heterocycles. The first-order valence-electron chi connectivity index (χ1n) is 6.18. The van der Waals surface area contributed by atoms with E-state index in [1.165, 1.54) is 19.6 Å². The second kappa shape index (κ2) is 6.57. The van der Waals surface area contributed by atoms with Crippen LogP contribution in [0.1, 0.15) is 11.7 Å². The molecule has 1 aromatic carbocycles. The highest BCUT2D eigenvalue weighted by molar-refractivity contribution is 7.89. The molecule has 1 aromatic heterocycles.